The van der Waals surface area contributed by atoms with Crippen molar-refractivity contribution in [2.24, 2.45) is 0 Å². The van der Waals surface area contributed by atoms with E-state index in [9.17, 15) is 0 Å². The van der Waals surface area contributed by atoms with Crippen LogP contribution < -0.4 is 4.90 Å². The van der Waals surface area contributed by atoms with Crippen LogP contribution >= 0.6 is 0 Å². The fourth-order valence-corrected chi connectivity index (χ4v) is 1.94. The summed E-state index contributed by atoms with van der Waals surface area (Å²) < 4.78 is 0. The van der Waals surface area contributed by atoms with Crippen molar-refractivity contribution in [2.45, 2.75) is 0 Å². The van der Waals surface area contributed by atoms with Crippen molar-refractivity contribution in [3.05, 3.63) is 36.4 Å². The summed E-state index contributed by atoms with van der Waals surface area (Å²) in [5, 5.41) is 2.43. The average molecular weight is 211 g/mol. The van der Waals surface area contributed by atoms with Crippen LogP contribution in [0.5, 0.6) is 0 Å². The number of benzene rings is 2. The van der Waals surface area contributed by atoms with E-state index in [1.165, 1.54) is 10.8 Å². The second-order valence-electron chi connectivity index (χ2n) is 4.14. The maximum Gasteiger partial charge on any atom is 0.203 e. The van der Waals surface area contributed by atoms with Crippen molar-refractivity contribution in [3.63, 3.8) is 0 Å². The minimum atomic E-state index is 0.895. The van der Waals surface area contributed by atoms with E-state index < -0.39 is 0 Å². The minimum Gasteiger partial charge on any atom is -0.349 e. The third-order valence-corrected chi connectivity index (χ3v) is 2.79. The van der Waals surface area contributed by atoms with Gasteiger partial charge in [-0.2, -0.15) is 0 Å². The van der Waals surface area contributed by atoms with Crippen LogP contribution in [0.3, 0.4) is 0 Å². The molecule has 0 aliphatic heterocycles. The van der Waals surface area contributed by atoms with E-state index in [4.69, 9.17) is 0 Å². The Labute approximate surface area is 93.7 Å². The number of aromatic amines is 1. The van der Waals surface area contributed by atoms with E-state index in [0.717, 1.165) is 17.0 Å². The number of hydrogen-bond acceptors (Lipinski definition) is 2. The Bertz CT molecular complexity index is 652. The van der Waals surface area contributed by atoms with Gasteiger partial charge in [-0.05, 0) is 11.5 Å². The molecule has 0 unspecified atom stereocenters. The van der Waals surface area contributed by atoms with E-state index in [1.54, 1.807) is 0 Å². The maximum atomic E-state index is 4.61. The van der Waals surface area contributed by atoms with Crippen LogP contribution in [0, 0.1) is 0 Å². The molecule has 1 aromatic heterocycles. The van der Waals surface area contributed by atoms with Gasteiger partial charge < -0.3 is 9.88 Å². The monoisotopic (exact) mass is 211 g/mol. The third-order valence-electron chi connectivity index (χ3n) is 2.79. The van der Waals surface area contributed by atoms with E-state index in [-0.39, 0.29) is 0 Å². The first-order valence-electron chi connectivity index (χ1n) is 5.30. The predicted octanol–water partition coefficient (Wildman–Crippen LogP) is 2.78. The molecule has 3 heteroatoms. The molecular weight excluding hydrogens is 198 g/mol. The quantitative estimate of drug-likeness (QED) is 0.671. The van der Waals surface area contributed by atoms with E-state index in [0.29, 0.717) is 0 Å². The predicted molar refractivity (Wildman–Crippen MR) is 67.9 cm³/mol. The molecule has 1 heterocycles. The Hall–Kier alpha value is -2.03. The second kappa shape index (κ2) is 3.23. The van der Waals surface area contributed by atoms with Crippen LogP contribution in [-0.2, 0) is 0 Å². The number of nitrogens with zero attached hydrogens (tertiary/aromatic N) is 2. The molecule has 1 N–H and O–H groups in total. The molecule has 0 radical (unpaired) electrons. The van der Waals surface area contributed by atoms with Crippen LogP contribution in [0.1, 0.15) is 0 Å². The van der Waals surface area contributed by atoms with Gasteiger partial charge in [0.25, 0.3) is 0 Å². The Morgan fingerprint density at radius 2 is 1.88 bits per heavy atom. The summed E-state index contributed by atoms with van der Waals surface area (Å²) in [6.45, 7) is 0. The summed E-state index contributed by atoms with van der Waals surface area (Å²) in [5.74, 6) is 0.895. The number of rotatable bonds is 1. The Morgan fingerprint density at radius 1 is 1.06 bits per heavy atom. The summed E-state index contributed by atoms with van der Waals surface area (Å²) >= 11 is 0. The maximum absolute atomic E-state index is 4.61. The molecule has 0 saturated carbocycles. The normalized spacial score (nSPS) is 11.1. The van der Waals surface area contributed by atoms with Gasteiger partial charge in [0.05, 0.1) is 11.0 Å². The lowest BCUT2D eigenvalue weighted by Crippen LogP contribution is -2.09. The van der Waals surface area contributed by atoms with Gasteiger partial charge in [-0.15, -0.1) is 0 Å². The zero-order chi connectivity index (χ0) is 11.1. The Morgan fingerprint density at radius 3 is 2.69 bits per heavy atom. The molecule has 0 fully saturated rings. The minimum absolute atomic E-state index is 0.895. The zero-order valence-electron chi connectivity index (χ0n) is 9.36. The number of fused-ring (bicyclic) bond motifs is 3. The lowest BCUT2D eigenvalue weighted by molar-refractivity contribution is 1.05. The smallest absolute Gasteiger partial charge is 0.203 e. The molecule has 3 rings (SSSR count). The number of aromatic nitrogens is 2. The molecule has 0 saturated heterocycles. The molecule has 80 valence electrons. The average Bonchev–Trinajstić information content (AvgIpc) is 2.73. The highest BCUT2D eigenvalue weighted by molar-refractivity contribution is 6.04. The molecule has 0 aliphatic carbocycles. The lowest BCUT2D eigenvalue weighted by Gasteiger charge is -2.05. The number of nitrogens with one attached hydrogen (secondary N) is 1. The topological polar surface area (TPSA) is 31.9 Å². The highest BCUT2D eigenvalue weighted by Crippen LogP contribution is 2.25. The van der Waals surface area contributed by atoms with Gasteiger partial charge in [-0.25, -0.2) is 4.98 Å². The highest BCUT2D eigenvalue weighted by Gasteiger charge is 2.06. The number of imidazole rings is 1. The Balaban J connectivity index is 2.41. The van der Waals surface area contributed by atoms with Gasteiger partial charge in [0, 0.05) is 19.5 Å². The number of H-pyrrole nitrogens is 1. The summed E-state index contributed by atoms with van der Waals surface area (Å²) in [7, 11) is 3.97. The van der Waals surface area contributed by atoms with Gasteiger partial charge in [0.15, 0.2) is 0 Å². The van der Waals surface area contributed by atoms with Crippen LogP contribution in [-0.4, -0.2) is 24.1 Å². The van der Waals surface area contributed by atoms with Crippen LogP contribution in [0.25, 0.3) is 21.8 Å². The molecule has 0 amide bonds. The number of hydrogen-bond donors (Lipinski definition) is 1. The van der Waals surface area contributed by atoms with Crippen LogP contribution in [0.2, 0.25) is 0 Å². The lowest BCUT2D eigenvalue weighted by atomic mass is 10.1. The van der Waals surface area contributed by atoms with Gasteiger partial charge in [-0.1, -0.05) is 30.3 Å². The van der Waals surface area contributed by atoms with Gasteiger partial charge in [0.2, 0.25) is 5.95 Å². The van der Waals surface area contributed by atoms with Gasteiger partial charge in [0.1, 0.15) is 0 Å². The van der Waals surface area contributed by atoms with Gasteiger partial charge in [-0.3, -0.25) is 0 Å². The number of anilines is 1. The first-order chi connectivity index (χ1) is 7.75. The molecular formula is C13H13N3. The van der Waals surface area contributed by atoms with Crippen molar-refractivity contribution >= 4 is 27.8 Å². The standard InChI is InChI=1S/C13H13N3/c1-16(2)13-14-11-8-7-9-5-3-4-6-10(9)12(11)15-13/h3-8H,1-2H3,(H,14,15). The first kappa shape index (κ1) is 9.21. The summed E-state index contributed by atoms with van der Waals surface area (Å²) in [6, 6.07) is 12.5. The molecule has 0 bridgehead atoms. The molecule has 0 spiro atoms. The van der Waals surface area contributed by atoms with Crippen molar-refractivity contribution in [1.82, 2.24) is 9.97 Å². The van der Waals surface area contributed by atoms with Crippen molar-refractivity contribution in [2.75, 3.05) is 19.0 Å². The Kier molecular flexibility index (Phi) is 1.86. The SMILES string of the molecule is CN(C)c1nc2c(ccc3ccccc32)[nH]1. The first-order valence-corrected chi connectivity index (χ1v) is 5.30. The molecule has 16 heavy (non-hydrogen) atoms. The van der Waals surface area contributed by atoms with Crippen LogP contribution in [0.15, 0.2) is 36.4 Å². The third kappa shape index (κ3) is 1.25. The molecule has 0 atom stereocenters. The second-order valence-corrected chi connectivity index (χ2v) is 4.14. The van der Waals surface area contributed by atoms with Crippen LogP contribution in [0.4, 0.5) is 5.95 Å². The molecule has 3 aromatic rings. The largest absolute Gasteiger partial charge is 0.349 e. The van der Waals surface area contributed by atoms with E-state index in [1.807, 2.05) is 31.1 Å². The molecule has 3 nitrogen and oxygen atoms in total. The van der Waals surface area contributed by atoms with Crippen molar-refractivity contribution in [3.8, 4) is 0 Å². The molecule has 0 aliphatic rings. The fourth-order valence-electron chi connectivity index (χ4n) is 1.94. The van der Waals surface area contributed by atoms with E-state index >= 15 is 0 Å². The zero-order valence-corrected chi connectivity index (χ0v) is 9.36. The van der Waals surface area contributed by atoms with Crippen molar-refractivity contribution < 1.29 is 0 Å². The van der Waals surface area contributed by atoms with Gasteiger partial charge >= 0.3 is 0 Å². The fraction of sp³-hybridized carbons (Fsp3) is 0.154. The summed E-state index contributed by atoms with van der Waals surface area (Å²) in [5.41, 5.74) is 2.13. The molecule has 2 aromatic carbocycles. The highest BCUT2D eigenvalue weighted by atomic mass is 15.2. The summed E-state index contributed by atoms with van der Waals surface area (Å²) in [4.78, 5) is 9.89. The van der Waals surface area contributed by atoms with E-state index in [2.05, 4.69) is 34.2 Å². The summed E-state index contributed by atoms with van der Waals surface area (Å²) in [6.07, 6.45) is 0. The van der Waals surface area contributed by atoms with Crippen molar-refractivity contribution in [1.29, 1.82) is 0 Å².